The molecule has 19 heavy (non-hydrogen) atoms. The van der Waals surface area contributed by atoms with Crippen LogP contribution in [0, 0.1) is 0 Å². The molecule has 0 aliphatic carbocycles. The van der Waals surface area contributed by atoms with Crippen molar-refractivity contribution in [1.82, 2.24) is 4.90 Å². The zero-order valence-corrected chi connectivity index (χ0v) is 12.1. The lowest BCUT2D eigenvalue weighted by atomic mass is 10.2. The van der Waals surface area contributed by atoms with Gasteiger partial charge in [0, 0.05) is 16.7 Å². The van der Waals surface area contributed by atoms with Crippen LogP contribution in [0.4, 0.5) is 5.69 Å². The van der Waals surface area contributed by atoms with E-state index in [-0.39, 0.29) is 25.1 Å². The molecular formula is C13H17BrN2O3. The van der Waals surface area contributed by atoms with Crippen molar-refractivity contribution in [2.45, 2.75) is 6.04 Å². The number of carbonyl (C=O) groups excluding carboxylic acids is 1. The SMILES string of the molecule is O=C(CN1CCOCC1CO)Nc1ccc(Br)cc1. The van der Waals surface area contributed by atoms with Crippen molar-refractivity contribution in [2.75, 3.05) is 38.2 Å². The summed E-state index contributed by atoms with van der Waals surface area (Å²) >= 11 is 3.35. The molecule has 0 saturated carbocycles. The summed E-state index contributed by atoms with van der Waals surface area (Å²) in [7, 11) is 0. The molecule has 1 aliphatic rings. The maximum absolute atomic E-state index is 11.9. The molecule has 1 fully saturated rings. The molecule has 5 nitrogen and oxygen atoms in total. The molecule has 0 spiro atoms. The third kappa shape index (κ3) is 4.28. The van der Waals surface area contributed by atoms with Gasteiger partial charge in [0.2, 0.25) is 5.91 Å². The number of aliphatic hydroxyl groups is 1. The van der Waals surface area contributed by atoms with E-state index in [0.29, 0.717) is 19.8 Å². The lowest BCUT2D eigenvalue weighted by molar-refractivity contribution is -0.120. The average Bonchev–Trinajstić information content (AvgIpc) is 2.42. The number of morpholine rings is 1. The highest BCUT2D eigenvalue weighted by molar-refractivity contribution is 9.10. The van der Waals surface area contributed by atoms with E-state index in [1.165, 1.54) is 0 Å². The summed E-state index contributed by atoms with van der Waals surface area (Å²) in [6.07, 6.45) is 0. The van der Waals surface area contributed by atoms with Crippen LogP contribution in [0.5, 0.6) is 0 Å². The van der Waals surface area contributed by atoms with E-state index in [4.69, 9.17) is 4.74 Å². The van der Waals surface area contributed by atoms with Crippen LogP contribution >= 0.6 is 15.9 Å². The number of hydrogen-bond donors (Lipinski definition) is 2. The molecular weight excluding hydrogens is 312 g/mol. The van der Waals surface area contributed by atoms with E-state index in [9.17, 15) is 9.90 Å². The van der Waals surface area contributed by atoms with Gasteiger partial charge in [-0.3, -0.25) is 9.69 Å². The second-order valence-corrected chi connectivity index (χ2v) is 5.35. The van der Waals surface area contributed by atoms with Crippen molar-refractivity contribution in [3.05, 3.63) is 28.7 Å². The second-order valence-electron chi connectivity index (χ2n) is 4.44. The van der Waals surface area contributed by atoms with Crippen LogP contribution in [-0.2, 0) is 9.53 Å². The highest BCUT2D eigenvalue weighted by atomic mass is 79.9. The molecule has 0 aromatic heterocycles. The van der Waals surface area contributed by atoms with Crippen LogP contribution < -0.4 is 5.32 Å². The fourth-order valence-corrected chi connectivity index (χ4v) is 2.25. The van der Waals surface area contributed by atoms with Gasteiger partial charge in [0.1, 0.15) is 0 Å². The van der Waals surface area contributed by atoms with Gasteiger partial charge in [-0.2, -0.15) is 0 Å². The molecule has 1 atom stereocenters. The molecule has 2 rings (SSSR count). The Morgan fingerprint density at radius 1 is 1.47 bits per heavy atom. The van der Waals surface area contributed by atoms with E-state index in [1.807, 2.05) is 29.2 Å². The van der Waals surface area contributed by atoms with Gasteiger partial charge in [-0.1, -0.05) is 15.9 Å². The Labute approximate surface area is 120 Å². The molecule has 1 amide bonds. The Hall–Kier alpha value is -0.950. The van der Waals surface area contributed by atoms with E-state index >= 15 is 0 Å². The number of nitrogens with zero attached hydrogens (tertiary/aromatic N) is 1. The van der Waals surface area contributed by atoms with Crippen molar-refractivity contribution in [2.24, 2.45) is 0 Å². The molecule has 1 aromatic rings. The second kappa shape index (κ2) is 7.00. The lowest BCUT2D eigenvalue weighted by Crippen LogP contribution is -2.50. The Kier molecular flexibility index (Phi) is 5.33. The zero-order chi connectivity index (χ0) is 13.7. The van der Waals surface area contributed by atoms with Gasteiger partial charge in [-0.25, -0.2) is 0 Å². The summed E-state index contributed by atoms with van der Waals surface area (Å²) in [6, 6.07) is 7.33. The molecule has 1 unspecified atom stereocenters. The summed E-state index contributed by atoms with van der Waals surface area (Å²) in [5.41, 5.74) is 0.766. The van der Waals surface area contributed by atoms with E-state index in [2.05, 4.69) is 21.2 Å². The quantitative estimate of drug-likeness (QED) is 0.868. The van der Waals surface area contributed by atoms with Crippen LogP contribution in [0.1, 0.15) is 0 Å². The van der Waals surface area contributed by atoms with Crippen LogP contribution in [0.25, 0.3) is 0 Å². The minimum absolute atomic E-state index is 0.00552. The van der Waals surface area contributed by atoms with Gasteiger partial charge in [0.05, 0.1) is 32.4 Å². The smallest absolute Gasteiger partial charge is 0.238 e. The number of hydrogen-bond acceptors (Lipinski definition) is 4. The Morgan fingerprint density at radius 3 is 2.89 bits per heavy atom. The van der Waals surface area contributed by atoms with Gasteiger partial charge in [-0.05, 0) is 24.3 Å². The van der Waals surface area contributed by atoms with Crippen LogP contribution in [0.3, 0.4) is 0 Å². The predicted octanol–water partition coefficient (Wildman–Crippen LogP) is 1.08. The molecule has 1 aliphatic heterocycles. The number of carbonyl (C=O) groups is 1. The highest BCUT2D eigenvalue weighted by Gasteiger charge is 2.24. The first-order valence-electron chi connectivity index (χ1n) is 6.17. The normalized spacial score (nSPS) is 20.2. The number of anilines is 1. The fourth-order valence-electron chi connectivity index (χ4n) is 1.98. The van der Waals surface area contributed by atoms with Gasteiger partial charge >= 0.3 is 0 Å². The molecule has 1 saturated heterocycles. The molecule has 1 aromatic carbocycles. The van der Waals surface area contributed by atoms with E-state index in [1.54, 1.807) is 0 Å². The first kappa shape index (κ1) is 14.5. The van der Waals surface area contributed by atoms with Crippen LogP contribution in [0.15, 0.2) is 28.7 Å². The molecule has 1 heterocycles. The number of aliphatic hydroxyl groups excluding tert-OH is 1. The third-order valence-electron chi connectivity index (χ3n) is 3.03. The molecule has 2 N–H and O–H groups in total. The Balaban J connectivity index is 1.88. The number of halogens is 1. The number of benzene rings is 1. The predicted molar refractivity (Wildman–Crippen MR) is 76.0 cm³/mol. The molecule has 0 bridgehead atoms. The van der Waals surface area contributed by atoms with Crippen molar-refractivity contribution in [1.29, 1.82) is 0 Å². The maximum atomic E-state index is 11.9. The molecule has 6 heteroatoms. The largest absolute Gasteiger partial charge is 0.395 e. The summed E-state index contributed by atoms with van der Waals surface area (Å²) in [4.78, 5) is 13.9. The summed E-state index contributed by atoms with van der Waals surface area (Å²) in [5, 5.41) is 12.1. The van der Waals surface area contributed by atoms with E-state index < -0.39 is 0 Å². The molecule has 0 radical (unpaired) electrons. The van der Waals surface area contributed by atoms with Crippen LogP contribution in [0.2, 0.25) is 0 Å². The highest BCUT2D eigenvalue weighted by Crippen LogP contribution is 2.14. The topological polar surface area (TPSA) is 61.8 Å². The number of rotatable bonds is 4. The number of amides is 1. The third-order valence-corrected chi connectivity index (χ3v) is 3.56. The Morgan fingerprint density at radius 2 is 2.21 bits per heavy atom. The number of ether oxygens (including phenoxy) is 1. The minimum Gasteiger partial charge on any atom is -0.395 e. The number of nitrogens with one attached hydrogen (secondary N) is 1. The van der Waals surface area contributed by atoms with Crippen molar-refractivity contribution in [3.63, 3.8) is 0 Å². The van der Waals surface area contributed by atoms with Gasteiger partial charge in [0.25, 0.3) is 0 Å². The zero-order valence-electron chi connectivity index (χ0n) is 10.5. The Bertz CT molecular complexity index is 424. The van der Waals surface area contributed by atoms with Crippen molar-refractivity contribution in [3.8, 4) is 0 Å². The lowest BCUT2D eigenvalue weighted by Gasteiger charge is -2.33. The summed E-state index contributed by atoms with van der Waals surface area (Å²) in [5.74, 6) is -0.0809. The maximum Gasteiger partial charge on any atom is 0.238 e. The monoisotopic (exact) mass is 328 g/mol. The first-order chi connectivity index (χ1) is 9.19. The summed E-state index contributed by atoms with van der Waals surface area (Å²) in [6.45, 7) is 2.01. The van der Waals surface area contributed by atoms with Crippen molar-refractivity contribution >= 4 is 27.5 Å². The average molecular weight is 329 g/mol. The standard InChI is InChI=1S/C13H17BrN2O3/c14-10-1-3-11(4-2-10)15-13(18)7-16-5-6-19-9-12(16)8-17/h1-4,12,17H,5-9H2,(H,15,18). The van der Waals surface area contributed by atoms with Crippen molar-refractivity contribution < 1.29 is 14.6 Å². The van der Waals surface area contributed by atoms with E-state index in [0.717, 1.165) is 10.2 Å². The fraction of sp³-hybridized carbons (Fsp3) is 0.462. The van der Waals surface area contributed by atoms with Crippen LogP contribution in [-0.4, -0.2) is 54.9 Å². The van der Waals surface area contributed by atoms with Gasteiger partial charge in [-0.15, -0.1) is 0 Å². The minimum atomic E-state index is -0.0931. The van der Waals surface area contributed by atoms with Gasteiger partial charge in [0.15, 0.2) is 0 Å². The summed E-state index contributed by atoms with van der Waals surface area (Å²) < 4.78 is 6.25. The molecule has 104 valence electrons. The van der Waals surface area contributed by atoms with Gasteiger partial charge < -0.3 is 15.2 Å². The first-order valence-corrected chi connectivity index (χ1v) is 6.96.